The monoisotopic (exact) mass is 389 g/mol. The molecular weight excluding hydrogens is 375 g/mol. The van der Waals surface area contributed by atoms with Crippen LogP contribution in [-0.4, -0.2) is 26.5 Å². The van der Waals surface area contributed by atoms with Crippen molar-refractivity contribution in [3.8, 4) is 5.75 Å². The SMILES string of the molecule is CCOC(=O)c1cccc(Nc2cccc(OS(=O)(=O)C(F)(F)F)c2)c1. The maximum absolute atomic E-state index is 12.4. The van der Waals surface area contributed by atoms with Gasteiger partial charge in [0, 0.05) is 17.4 Å². The highest BCUT2D eigenvalue weighted by Gasteiger charge is 2.48. The van der Waals surface area contributed by atoms with E-state index in [0.717, 1.165) is 12.1 Å². The molecule has 140 valence electrons. The van der Waals surface area contributed by atoms with E-state index in [1.165, 1.54) is 18.2 Å². The Hall–Kier alpha value is -2.75. The molecule has 0 heterocycles. The highest BCUT2D eigenvalue weighted by atomic mass is 32.2. The Kier molecular flexibility index (Phi) is 5.76. The molecule has 2 aromatic rings. The lowest BCUT2D eigenvalue weighted by Crippen LogP contribution is -2.28. The lowest BCUT2D eigenvalue weighted by atomic mass is 10.2. The molecule has 0 aliphatic heterocycles. The summed E-state index contributed by atoms with van der Waals surface area (Å²) in [6.45, 7) is 1.88. The molecule has 0 amide bonds. The molecule has 0 aliphatic rings. The van der Waals surface area contributed by atoms with Crippen molar-refractivity contribution in [2.24, 2.45) is 0 Å². The number of rotatable bonds is 6. The maximum Gasteiger partial charge on any atom is 0.534 e. The van der Waals surface area contributed by atoms with Gasteiger partial charge in [0.15, 0.2) is 0 Å². The third kappa shape index (κ3) is 4.88. The Balaban J connectivity index is 2.19. The van der Waals surface area contributed by atoms with Crippen molar-refractivity contribution in [2.45, 2.75) is 12.4 Å². The Morgan fingerprint density at radius 2 is 1.69 bits per heavy atom. The summed E-state index contributed by atoms with van der Waals surface area (Å²) >= 11 is 0. The number of esters is 1. The largest absolute Gasteiger partial charge is 0.534 e. The van der Waals surface area contributed by atoms with Gasteiger partial charge in [-0.1, -0.05) is 12.1 Å². The minimum absolute atomic E-state index is 0.212. The number of alkyl halides is 3. The first-order chi connectivity index (χ1) is 12.1. The van der Waals surface area contributed by atoms with E-state index in [1.54, 1.807) is 25.1 Å². The molecule has 2 aromatic carbocycles. The average molecular weight is 389 g/mol. The van der Waals surface area contributed by atoms with Gasteiger partial charge >= 0.3 is 21.6 Å². The van der Waals surface area contributed by atoms with E-state index >= 15 is 0 Å². The number of halogens is 3. The van der Waals surface area contributed by atoms with E-state index in [1.807, 2.05) is 0 Å². The molecule has 0 aromatic heterocycles. The molecule has 0 spiro atoms. The third-order valence-corrected chi connectivity index (χ3v) is 3.96. The van der Waals surface area contributed by atoms with Crippen molar-refractivity contribution in [3.63, 3.8) is 0 Å². The number of ether oxygens (including phenoxy) is 1. The fourth-order valence-electron chi connectivity index (χ4n) is 1.90. The molecule has 6 nitrogen and oxygen atoms in total. The Bertz CT molecular complexity index is 897. The minimum atomic E-state index is -5.75. The summed E-state index contributed by atoms with van der Waals surface area (Å²) < 4.78 is 68.2. The molecule has 0 aliphatic carbocycles. The van der Waals surface area contributed by atoms with E-state index < -0.39 is 27.3 Å². The van der Waals surface area contributed by atoms with Crippen LogP contribution in [0.15, 0.2) is 48.5 Å². The molecule has 0 bridgehead atoms. The van der Waals surface area contributed by atoms with Crippen molar-refractivity contribution in [1.29, 1.82) is 0 Å². The third-order valence-electron chi connectivity index (χ3n) is 2.99. The van der Waals surface area contributed by atoms with Crippen molar-refractivity contribution >= 4 is 27.5 Å². The van der Waals surface area contributed by atoms with Crippen LogP contribution in [0.25, 0.3) is 0 Å². The summed E-state index contributed by atoms with van der Waals surface area (Å²) in [6, 6.07) is 11.2. The highest BCUT2D eigenvalue weighted by Crippen LogP contribution is 2.29. The molecule has 2 rings (SSSR count). The summed E-state index contributed by atoms with van der Waals surface area (Å²) in [5.41, 5.74) is -4.53. The van der Waals surface area contributed by atoms with Crippen LogP contribution < -0.4 is 9.50 Å². The molecular formula is C16H14F3NO5S. The van der Waals surface area contributed by atoms with Gasteiger partial charge in [-0.15, -0.1) is 0 Å². The molecule has 0 fully saturated rings. The molecule has 0 saturated heterocycles. The first-order valence-corrected chi connectivity index (χ1v) is 8.68. The molecule has 0 atom stereocenters. The first-order valence-electron chi connectivity index (χ1n) is 7.27. The van der Waals surface area contributed by atoms with Gasteiger partial charge in [-0.05, 0) is 37.3 Å². The van der Waals surface area contributed by atoms with Crippen LogP contribution in [0.3, 0.4) is 0 Å². The van der Waals surface area contributed by atoms with Gasteiger partial charge in [0.2, 0.25) is 0 Å². The molecule has 0 unspecified atom stereocenters. The van der Waals surface area contributed by atoms with Crippen LogP contribution in [0.4, 0.5) is 24.5 Å². The molecule has 0 saturated carbocycles. The first kappa shape index (κ1) is 19.6. The van der Waals surface area contributed by atoms with Crippen LogP contribution in [0, 0.1) is 0 Å². The fourth-order valence-corrected chi connectivity index (χ4v) is 2.36. The predicted octanol–water partition coefficient (Wildman–Crippen LogP) is 3.84. The normalized spacial score (nSPS) is 11.7. The highest BCUT2D eigenvalue weighted by molar-refractivity contribution is 7.88. The predicted molar refractivity (Wildman–Crippen MR) is 87.7 cm³/mol. The van der Waals surface area contributed by atoms with Crippen LogP contribution in [0.1, 0.15) is 17.3 Å². The Labute approximate surface area is 147 Å². The van der Waals surface area contributed by atoms with Crippen LogP contribution >= 0.6 is 0 Å². The van der Waals surface area contributed by atoms with Gasteiger partial charge in [0.25, 0.3) is 0 Å². The number of hydrogen-bond donors (Lipinski definition) is 1. The van der Waals surface area contributed by atoms with E-state index in [0.29, 0.717) is 5.69 Å². The lowest BCUT2D eigenvalue weighted by Gasteiger charge is -2.12. The Morgan fingerprint density at radius 3 is 2.31 bits per heavy atom. The second-order valence-corrected chi connectivity index (χ2v) is 6.48. The topological polar surface area (TPSA) is 81.7 Å². The second-order valence-electron chi connectivity index (χ2n) is 4.94. The van der Waals surface area contributed by atoms with Gasteiger partial charge in [0.1, 0.15) is 5.75 Å². The molecule has 0 radical (unpaired) electrons. The second kappa shape index (κ2) is 7.65. The summed E-state index contributed by atoms with van der Waals surface area (Å²) in [5, 5.41) is 2.84. The van der Waals surface area contributed by atoms with E-state index in [2.05, 4.69) is 9.50 Å². The summed E-state index contributed by atoms with van der Waals surface area (Å²) in [5.74, 6) is -1.03. The number of benzene rings is 2. The smallest absolute Gasteiger partial charge is 0.462 e. The summed E-state index contributed by atoms with van der Waals surface area (Å²) in [7, 11) is -5.75. The number of carbonyl (C=O) groups is 1. The van der Waals surface area contributed by atoms with Crippen molar-refractivity contribution in [3.05, 3.63) is 54.1 Å². The maximum atomic E-state index is 12.4. The van der Waals surface area contributed by atoms with E-state index in [9.17, 15) is 26.4 Å². The van der Waals surface area contributed by atoms with Crippen molar-refractivity contribution < 1.29 is 35.3 Å². The number of carbonyl (C=O) groups excluding carboxylic acids is 1. The van der Waals surface area contributed by atoms with Gasteiger partial charge in [0.05, 0.1) is 12.2 Å². The Morgan fingerprint density at radius 1 is 1.08 bits per heavy atom. The van der Waals surface area contributed by atoms with Crippen molar-refractivity contribution in [2.75, 3.05) is 11.9 Å². The number of anilines is 2. The summed E-state index contributed by atoms with van der Waals surface area (Å²) in [6.07, 6.45) is 0. The average Bonchev–Trinajstić information content (AvgIpc) is 2.54. The zero-order valence-electron chi connectivity index (χ0n) is 13.4. The molecule has 10 heteroatoms. The lowest BCUT2D eigenvalue weighted by molar-refractivity contribution is -0.0500. The number of hydrogen-bond acceptors (Lipinski definition) is 6. The van der Waals surface area contributed by atoms with Gasteiger partial charge in [-0.2, -0.15) is 21.6 Å². The standard InChI is InChI=1S/C16H14F3NO5S/c1-2-24-15(21)11-5-3-6-12(9-11)20-13-7-4-8-14(10-13)25-26(22,23)16(17,18)19/h3-10,20H,2H2,1H3. The molecule has 26 heavy (non-hydrogen) atoms. The van der Waals surface area contributed by atoms with Crippen LogP contribution in [0.5, 0.6) is 5.75 Å². The van der Waals surface area contributed by atoms with Gasteiger partial charge in [-0.3, -0.25) is 0 Å². The minimum Gasteiger partial charge on any atom is -0.462 e. The van der Waals surface area contributed by atoms with Crippen LogP contribution in [-0.2, 0) is 14.9 Å². The fraction of sp³-hybridized carbons (Fsp3) is 0.188. The zero-order valence-corrected chi connectivity index (χ0v) is 14.2. The molecule has 1 N–H and O–H groups in total. The van der Waals surface area contributed by atoms with Crippen molar-refractivity contribution in [1.82, 2.24) is 0 Å². The zero-order chi connectivity index (χ0) is 19.4. The number of nitrogens with one attached hydrogen (secondary N) is 1. The van der Waals surface area contributed by atoms with E-state index in [-0.39, 0.29) is 17.9 Å². The quantitative estimate of drug-likeness (QED) is 0.459. The van der Waals surface area contributed by atoms with Gasteiger partial charge < -0.3 is 14.2 Å². The van der Waals surface area contributed by atoms with Crippen LogP contribution in [0.2, 0.25) is 0 Å². The van der Waals surface area contributed by atoms with E-state index in [4.69, 9.17) is 4.74 Å². The summed E-state index contributed by atoms with van der Waals surface area (Å²) in [4.78, 5) is 11.7. The van der Waals surface area contributed by atoms with Gasteiger partial charge in [-0.25, -0.2) is 4.79 Å².